The highest BCUT2D eigenvalue weighted by Gasteiger charge is 2.09. The monoisotopic (exact) mass is 234 g/mol. The van der Waals surface area contributed by atoms with E-state index in [1.165, 1.54) is 0 Å². The SMILES string of the molecule is CCS(=O)(=O)Nc1ccc(Cl)nc1C. The van der Waals surface area contributed by atoms with E-state index in [0.717, 1.165) is 0 Å². The largest absolute Gasteiger partial charge is 0.282 e. The zero-order valence-electron chi connectivity index (χ0n) is 7.91. The number of hydrogen-bond donors (Lipinski definition) is 1. The molecular formula is C8H11ClN2O2S. The standard InChI is InChI=1S/C8H11ClN2O2S/c1-3-14(12,13)11-7-4-5-8(9)10-6(7)2/h4-5,11H,3H2,1-2H3. The molecule has 14 heavy (non-hydrogen) atoms. The first-order valence-electron chi connectivity index (χ1n) is 4.08. The van der Waals surface area contributed by atoms with E-state index in [2.05, 4.69) is 9.71 Å². The summed E-state index contributed by atoms with van der Waals surface area (Å²) < 4.78 is 24.9. The van der Waals surface area contributed by atoms with Crippen LogP contribution in [-0.2, 0) is 10.0 Å². The molecule has 0 radical (unpaired) electrons. The highest BCUT2D eigenvalue weighted by molar-refractivity contribution is 7.92. The molecule has 0 bridgehead atoms. The van der Waals surface area contributed by atoms with Crippen LogP contribution < -0.4 is 4.72 Å². The fraction of sp³-hybridized carbons (Fsp3) is 0.375. The molecule has 0 aliphatic heterocycles. The molecule has 0 aliphatic rings. The van der Waals surface area contributed by atoms with Gasteiger partial charge in [-0.3, -0.25) is 4.72 Å². The number of sulfonamides is 1. The highest BCUT2D eigenvalue weighted by Crippen LogP contribution is 2.16. The number of anilines is 1. The van der Waals surface area contributed by atoms with Crippen molar-refractivity contribution in [1.82, 2.24) is 4.98 Å². The summed E-state index contributed by atoms with van der Waals surface area (Å²) in [7, 11) is -3.24. The number of halogens is 1. The van der Waals surface area contributed by atoms with Gasteiger partial charge in [0.25, 0.3) is 0 Å². The van der Waals surface area contributed by atoms with E-state index >= 15 is 0 Å². The highest BCUT2D eigenvalue weighted by atomic mass is 35.5. The average Bonchev–Trinajstić information content (AvgIpc) is 2.10. The number of aromatic nitrogens is 1. The van der Waals surface area contributed by atoms with Crippen LogP contribution in [0.3, 0.4) is 0 Å². The van der Waals surface area contributed by atoms with Gasteiger partial charge in [-0.1, -0.05) is 11.6 Å². The second kappa shape index (κ2) is 4.14. The van der Waals surface area contributed by atoms with Gasteiger partial charge in [-0.2, -0.15) is 0 Å². The first-order valence-corrected chi connectivity index (χ1v) is 6.11. The van der Waals surface area contributed by atoms with Gasteiger partial charge in [0, 0.05) is 0 Å². The van der Waals surface area contributed by atoms with E-state index in [0.29, 0.717) is 16.5 Å². The van der Waals surface area contributed by atoms with Crippen molar-refractivity contribution < 1.29 is 8.42 Å². The van der Waals surface area contributed by atoms with Gasteiger partial charge in [0.15, 0.2) is 0 Å². The van der Waals surface area contributed by atoms with Gasteiger partial charge in [0.1, 0.15) is 5.15 Å². The Kier molecular flexibility index (Phi) is 3.34. The smallest absolute Gasteiger partial charge is 0.232 e. The van der Waals surface area contributed by atoms with Crippen LogP contribution in [0.4, 0.5) is 5.69 Å². The summed E-state index contributed by atoms with van der Waals surface area (Å²) in [5, 5.41) is 0.349. The summed E-state index contributed by atoms with van der Waals surface area (Å²) in [6.45, 7) is 3.26. The normalized spacial score (nSPS) is 11.4. The molecule has 1 rings (SSSR count). The van der Waals surface area contributed by atoms with Crippen LogP contribution in [0.5, 0.6) is 0 Å². The molecule has 1 aromatic heterocycles. The summed E-state index contributed by atoms with van der Waals surface area (Å²) >= 11 is 5.63. The molecule has 0 saturated heterocycles. The minimum absolute atomic E-state index is 0.0368. The first kappa shape index (κ1) is 11.3. The lowest BCUT2D eigenvalue weighted by Crippen LogP contribution is -2.15. The van der Waals surface area contributed by atoms with E-state index in [4.69, 9.17) is 11.6 Å². The summed E-state index contributed by atoms with van der Waals surface area (Å²) in [4.78, 5) is 3.93. The van der Waals surface area contributed by atoms with Gasteiger partial charge in [0.2, 0.25) is 10.0 Å². The topological polar surface area (TPSA) is 59.1 Å². The molecule has 0 atom stereocenters. The van der Waals surface area contributed by atoms with Gasteiger partial charge >= 0.3 is 0 Å². The Morgan fingerprint density at radius 1 is 1.50 bits per heavy atom. The van der Waals surface area contributed by atoms with Crippen molar-refractivity contribution in [2.24, 2.45) is 0 Å². The van der Waals surface area contributed by atoms with Crippen LogP contribution in [0.25, 0.3) is 0 Å². The molecule has 0 unspecified atom stereocenters. The van der Waals surface area contributed by atoms with Crippen molar-refractivity contribution in [3.63, 3.8) is 0 Å². The van der Waals surface area contributed by atoms with Gasteiger partial charge in [0.05, 0.1) is 17.1 Å². The molecule has 0 aromatic carbocycles. The number of nitrogens with one attached hydrogen (secondary N) is 1. The van der Waals surface area contributed by atoms with Crippen molar-refractivity contribution in [3.8, 4) is 0 Å². The Morgan fingerprint density at radius 2 is 2.14 bits per heavy atom. The average molecular weight is 235 g/mol. The molecule has 1 heterocycles. The van der Waals surface area contributed by atoms with Crippen LogP contribution in [0, 0.1) is 6.92 Å². The summed E-state index contributed by atoms with van der Waals surface area (Å²) in [6.07, 6.45) is 0. The maximum Gasteiger partial charge on any atom is 0.232 e. The van der Waals surface area contributed by atoms with Crippen LogP contribution in [0.15, 0.2) is 12.1 Å². The van der Waals surface area contributed by atoms with E-state index in [9.17, 15) is 8.42 Å². The van der Waals surface area contributed by atoms with E-state index in [1.54, 1.807) is 26.0 Å². The van der Waals surface area contributed by atoms with Crippen molar-refractivity contribution in [2.45, 2.75) is 13.8 Å². The third kappa shape index (κ3) is 2.85. The number of nitrogens with zero attached hydrogens (tertiary/aromatic N) is 1. The van der Waals surface area contributed by atoms with Crippen molar-refractivity contribution in [1.29, 1.82) is 0 Å². The zero-order valence-corrected chi connectivity index (χ0v) is 9.48. The number of aryl methyl sites for hydroxylation is 1. The first-order chi connectivity index (χ1) is 6.44. The molecular weight excluding hydrogens is 224 g/mol. The Balaban J connectivity index is 2.99. The summed E-state index contributed by atoms with van der Waals surface area (Å²) in [5.41, 5.74) is 1.03. The van der Waals surface area contributed by atoms with Crippen molar-refractivity contribution in [2.75, 3.05) is 10.5 Å². The number of rotatable bonds is 3. The lowest BCUT2D eigenvalue weighted by atomic mass is 10.3. The molecule has 0 spiro atoms. The van der Waals surface area contributed by atoms with Crippen LogP contribution in [-0.4, -0.2) is 19.2 Å². The predicted molar refractivity (Wildman–Crippen MR) is 57.1 cm³/mol. The zero-order chi connectivity index (χ0) is 10.8. The van der Waals surface area contributed by atoms with Crippen molar-refractivity contribution >= 4 is 27.3 Å². The number of pyridine rings is 1. The fourth-order valence-electron chi connectivity index (χ4n) is 0.878. The third-order valence-electron chi connectivity index (χ3n) is 1.70. The quantitative estimate of drug-likeness (QED) is 0.812. The summed E-state index contributed by atoms with van der Waals surface area (Å²) in [6, 6.07) is 3.14. The van der Waals surface area contributed by atoms with Gasteiger partial charge in [-0.15, -0.1) is 0 Å². The third-order valence-corrected chi connectivity index (χ3v) is 3.20. The molecule has 0 amide bonds. The maximum atomic E-state index is 11.2. The van der Waals surface area contributed by atoms with Crippen LogP contribution >= 0.6 is 11.6 Å². The Labute approximate surface area is 88.4 Å². The van der Waals surface area contributed by atoms with Gasteiger partial charge in [-0.05, 0) is 26.0 Å². The summed E-state index contributed by atoms with van der Waals surface area (Å²) in [5.74, 6) is 0.0368. The number of hydrogen-bond acceptors (Lipinski definition) is 3. The van der Waals surface area contributed by atoms with Gasteiger partial charge in [-0.25, -0.2) is 13.4 Å². The molecule has 0 fully saturated rings. The molecule has 0 saturated carbocycles. The molecule has 1 N–H and O–H groups in total. The molecule has 6 heteroatoms. The van der Waals surface area contributed by atoms with Crippen molar-refractivity contribution in [3.05, 3.63) is 23.0 Å². The second-order valence-electron chi connectivity index (χ2n) is 2.77. The molecule has 0 aliphatic carbocycles. The van der Waals surface area contributed by atoms with E-state index < -0.39 is 10.0 Å². The second-order valence-corrected chi connectivity index (χ2v) is 5.17. The Hall–Kier alpha value is -0.810. The minimum Gasteiger partial charge on any atom is -0.282 e. The van der Waals surface area contributed by atoms with E-state index in [-0.39, 0.29) is 5.75 Å². The predicted octanol–water partition coefficient (Wildman–Crippen LogP) is 1.81. The molecule has 4 nitrogen and oxygen atoms in total. The van der Waals surface area contributed by atoms with Crippen LogP contribution in [0.2, 0.25) is 5.15 Å². The Morgan fingerprint density at radius 3 is 2.64 bits per heavy atom. The minimum atomic E-state index is -3.24. The van der Waals surface area contributed by atoms with E-state index in [1.807, 2.05) is 0 Å². The lowest BCUT2D eigenvalue weighted by molar-refractivity contribution is 0.602. The lowest BCUT2D eigenvalue weighted by Gasteiger charge is -2.07. The van der Waals surface area contributed by atoms with Crippen LogP contribution in [0.1, 0.15) is 12.6 Å². The maximum absolute atomic E-state index is 11.2. The fourth-order valence-corrected chi connectivity index (χ4v) is 1.76. The Bertz CT molecular complexity index is 431. The molecule has 1 aromatic rings. The molecule has 78 valence electrons. The van der Waals surface area contributed by atoms with Gasteiger partial charge < -0.3 is 0 Å².